The predicted octanol–water partition coefficient (Wildman–Crippen LogP) is 4.15. The minimum atomic E-state index is -4.08. The van der Waals surface area contributed by atoms with Crippen LogP contribution in [-0.2, 0) is 27.6 Å². The highest BCUT2D eigenvalue weighted by atomic mass is 35.5. The Labute approximate surface area is 186 Å². The molecule has 1 heterocycles. The fourth-order valence-electron chi connectivity index (χ4n) is 3.38. The lowest BCUT2D eigenvalue weighted by Gasteiger charge is -2.15. The van der Waals surface area contributed by atoms with Crippen molar-refractivity contribution in [3.05, 3.63) is 86.8 Å². The van der Waals surface area contributed by atoms with E-state index in [9.17, 15) is 18.0 Å². The molecule has 0 aliphatic heterocycles. The molecular formula is C23H23ClN2O4S. The van der Waals surface area contributed by atoms with Crippen molar-refractivity contribution < 1.29 is 13.2 Å². The molecule has 0 saturated heterocycles. The number of anilines is 1. The first-order valence-electron chi connectivity index (χ1n) is 9.74. The van der Waals surface area contributed by atoms with Crippen LogP contribution in [0.5, 0.6) is 0 Å². The summed E-state index contributed by atoms with van der Waals surface area (Å²) in [4.78, 5) is 25.4. The van der Waals surface area contributed by atoms with Crippen LogP contribution in [0, 0.1) is 13.8 Å². The molecule has 0 saturated carbocycles. The largest absolute Gasteiger partial charge is 0.325 e. The van der Waals surface area contributed by atoms with E-state index >= 15 is 0 Å². The van der Waals surface area contributed by atoms with Gasteiger partial charge < -0.3 is 9.88 Å². The van der Waals surface area contributed by atoms with Crippen molar-refractivity contribution in [2.75, 3.05) is 5.32 Å². The van der Waals surface area contributed by atoms with E-state index in [1.807, 2.05) is 25.1 Å². The summed E-state index contributed by atoms with van der Waals surface area (Å²) in [5.74, 6) is -0.419. The normalized spacial score (nSPS) is 11.4. The van der Waals surface area contributed by atoms with Gasteiger partial charge in [0.25, 0.3) is 5.56 Å². The lowest BCUT2D eigenvalue weighted by Crippen LogP contribution is -2.33. The fourth-order valence-corrected chi connectivity index (χ4v) is 5.06. The summed E-state index contributed by atoms with van der Waals surface area (Å²) >= 11 is 5.85. The average Bonchev–Trinajstić information content (AvgIpc) is 2.71. The van der Waals surface area contributed by atoms with Gasteiger partial charge in [-0.25, -0.2) is 8.42 Å². The van der Waals surface area contributed by atoms with Gasteiger partial charge >= 0.3 is 0 Å². The third kappa shape index (κ3) is 4.89. The van der Waals surface area contributed by atoms with Gasteiger partial charge in [0.05, 0.1) is 4.90 Å². The number of amides is 1. The van der Waals surface area contributed by atoms with Crippen LogP contribution in [-0.4, -0.2) is 18.9 Å². The minimum Gasteiger partial charge on any atom is -0.325 e. The zero-order chi connectivity index (χ0) is 22.8. The number of nitrogens with zero attached hydrogens (tertiary/aromatic N) is 1. The van der Waals surface area contributed by atoms with Crippen LogP contribution >= 0.6 is 11.6 Å². The van der Waals surface area contributed by atoms with Gasteiger partial charge in [-0.2, -0.15) is 0 Å². The summed E-state index contributed by atoms with van der Waals surface area (Å²) in [5.41, 5.74) is 1.78. The van der Waals surface area contributed by atoms with Crippen LogP contribution in [0.1, 0.15) is 23.7 Å². The number of pyridine rings is 1. The molecule has 31 heavy (non-hydrogen) atoms. The van der Waals surface area contributed by atoms with E-state index in [1.54, 1.807) is 26.0 Å². The molecule has 6 nitrogen and oxygen atoms in total. The molecular weight excluding hydrogens is 436 g/mol. The van der Waals surface area contributed by atoms with Crippen molar-refractivity contribution >= 4 is 33.0 Å². The molecule has 1 amide bonds. The van der Waals surface area contributed by atoms with Crippen LogP contribution in [0.2, 0.25) is 5.02 Å². The standard InChI is InChI=1S/C23H23ClN2O4S/c1-4-17-6-5-7-19(13-17)25-21(27)14-26-16(3)12-15(2)22(23(26)28)31(29,30)20-10-8-18(24)9-11-20/h5-13H,4,14H2,1-3H3,(H,25,27). The molecule has 0 aliphatic carbocycles. The summed E-state index contributed by atoms with van der Waals surface area (Å²) in [6.07, 6.45) is 0.826. The van der Waals surface area contributed by atoms with Crippen LogP contribution < -0.4 is 10.9 Å². The van der Waals surface area contributed by atoms with E-state index < -0.39 is 21.3 Å². The number of halogens is 1. The van der Waals surface area contributed by atoms with Crippen molar-refractivity contribution in [2.45, 2.75) is 43.5 Å². The maximum Gasteiger partial charge on any atom is 0.270 e. The maximum absolute atomic E-state index is 13.2. The number of carbonyl (C=O) groups is 1. The molecule has 0 bridgehead atoms. The molecule has 0 radical (unpaired) electrons. The molecule has 3 aromatic rings. The summed E-state index contributed by atoms with van der Waals surface area (Å²) in [6.45, 7) is 4.94. The Bertz CT molecular complexity index is 1300. The number of sulfone groups is 1. The number of benzene rings is 2. The highest BCUT2D eigenvalue weighted by Crippen LogP contribution is 2.23. The molecule has 0 aliphatic rings. The van der Waals surface area contributed by atoms with Gasteiger partial charge in [0.15, 0.2) is 0 Å². The summed E-state index contributed by atoms with van der Waals surface area (Å²) < 4.78 is 27.5. The van der Waals surface area contributed by atoms with Gasteiger partial charge in [0.1, 0.15) is 11.4 Å². The van der Waals surface area contributed by atoms with Gasteiger partial charge in [-0.3, -0.25) is 9.59 Å². The average molecular weight is 459 g/mol. The summed E-state index contributed by atoms with van der Waals surface area (Å²) in [7, 11) is -4.08. The quantitative estimate of drug-likeness (QED) is 0.601. The Morgan fingerprint density at radius 1 is 1.06 bits per heavy atom. The number of aromatic nitrogens is 1. The molecule has 0 atom stereocenters. The number of hydrogen-bond donors (Lipinski definition) is 1. The van der Waals surface area contributed by atoms with Gasteiger partial charge in [-0.15, -0.1) is 0 Å². The van der Waals surface area contributed by atoms with E-state index in [2.05, 4.69) is 5.32 Å². The van der Waals surface area contributed by atoms with E-state index in [-0.39, 0.29) is 16.3 Å². The lowest BCUT2D eigenvalue weighted by atomic mass is 10.1. The Morgan fingerprint density at radius 3 is 2.39 bits per heavy atom. The highest BCUT2D eigenvalue weighted by molar-refractivity contribution is 7.91. The lowest BCUT2D eigenvalue weighted by molar-refractivity contribution is -0.116. The Kier molecular flexibility index (Phi) is 6.67. The van der Waals surface area contributed by atoms with Gasteiger partial charge in [-0.1, -0.05) is 30.7 Å². The molecule has 1 aromatic heterocycles. The third-order valence-electron chi connectivity index (χ3n) is 4.96. The first kappa shape index (κ1) is 22.8. The molecule has 0 fully saturated rings. The second kappa shape index (κ2) is 9.08. The van der Waals surface area contributed by atoms with Gasteiger partial charge in [-0.05, 0) is 73.9 Å². The van der Waals surface area contributed by atoms with Crippen molar-refractivity contribution in [3.63, 3.8) is 0 Å². The molecule has 0 unspecified atom stereocenters. The van der Waals surface area contributed by atoms with Gasteiger partial charge in [0, 0.05) is 16.4 Å². The Morgan fingerprint density at radius 2 is 1.74 bits per heavy atom. The predicted molar refractivity (Wildman–Crippen MR) is 122 cm³/mol. The van der Waals surface area contributed by atoms with E-state index in [0.29, 0.717) is 22.0 Å². The molecule has 1 N–H and O–H groups in total. The second-order valence-corrected chi connectivity index (χ2v) is 9.57. The summed E-state index contributed by atoms with van der Waals surface area (Å²) in [6, 6.07) is 14.6. The van der Waals surface area contributed by atoms with E-state index in [1.165, 1.54) is 28.8 Å². The molecule has 8 heteroatoms. The molecule has 0 spiro atoms. The number of rotatable bonds is 6. The minimum absolute atomic E-state index is 0.0339. The van der Waals surface area contributed by atoms with Crippen molar-refractivity contribution in [3.8, 4) is 0 Å². The smallest absolute Gasteiger partial charge is 0.270 e. The van der Waals surface area contributed by atoms with Crippen LogP contribution in [0.15, 0.2) is 69.2 Å². The van der Waals surface area contributed by atoms with Crippen molar-refractivity contribution in [2.24, 2.45) is 0 Å². The highest BCUT2D eigenvalue weighted by Gasteiger charge is 2.26. The number of carbonyl (C=O) groups excluding carboxylic acids is 1. The molecule has 3 rings (SSSR count). The SMILES string of the molecule is CCc1cccc(NC(=O)Cn2c(C)cc(C)c(S(=O)(=O)c3ccc(Cl)cc3)c2=O)c1. The Balaban J connectivity index is 1.98. The first-order chi connectivity index (χ1) is 14.6. The maximum atomic E-state index is 13.2. The second-order valence-electron chi connectivity index (χ2n) is 7.25. The Hall–Kier alpha value is -2.90. The van der Waals surface area contributed by atoms with Crippen LogP contribution in [0.3, 0.4) is 0 Å². The fraction of sp³-hybridized carbons (Fsp3) is 0.217. The molecule has 2 aromatic carbocycles. The van der Waals surface area contributed by atoms with Crippen molar-refractivity contribution in [1.82, 2.24) is 4.57 Å². The summed E-state index contributed by atoms with van der Waals surface area (Å²) in [5, 5.41) is 3.16. The molecule has 162 valence electrons. The van der Waals surface area contributed by atoms with Crippen LogP contribution in [0.4, 0.5) is 5.69 Å². The third-order valence-corrected chi connectivity index (χ3v) is 7.14. The van der Waals surface area contributed by atoms with E-state index in [4.69, 9.17) is 11.6 Å². The zero-order valence-electron chi connectivity index (χ0n) is 17.5. The number of nitrogens with one attached hydrogen (secondary N) is 1. The van der Waals surface area contributed by atoms with E-state index in [0.717, 1.165) is 12.0 Å². The van der Waals surface area contributed by atoms with Crippen LogP contribution in [0.25, 0.3) is 0 Å². The van der Waals surface area contributed by atoms with Crippen molar-refractivity contribution in [1.29, 1.82) is 0 Å². The number of aryl methyl sites for hydroxylation is 3. The first-order valence-corrected chi connectivity index (χ1v) is 11.6. The monoisotopic (exact) mass is 458 g/mol. The van der Waals surface area contributed by atoms with Gasteiger partial charge in [0.2, 0.25) is 15.7 Å². The topological polar surface area (TPSA) is 85.2 Å². The zero-order valence-corrected chi connectivity index (χ0v) is 19.0. The number of hydrogen-bond acceptors (Lipinski definition) is 4.